The number of H-pyrrole nitrogens is 2. The van der Waals surface area contributed by atoms with E-state index in [4.69, 9.17) is 4.98 Å². The first kappa shape index (κ1) is 17.0. The monoisotopic (exact) mass is 372 g/mol. The van der Waals surface area contributed by atoms with Gasteiger partial charge in [0, 0.05) is 24.7 Å². The van der Waals surface area contributed by atoms with Crippen molar-refractivity contribution in [1.82, 2.24) is 24.9 Å². The van der Waals surface area contributed by atoms with E-state index in [1.165, 1.54) is 5.56 Å². The number of hydrogen-bond donors (Lipinski definition) is 2. The van der Waals surface area contributed by atoms with E-state index in [-0.39, 0.29) is 0 Å². The predicted octanol–water partition coefficient (Wildman–Crippen LogP) is 4.35. The fourth-order valence-electron chi connectivity index (χ4n) is 4.24. The number of aromatic amines is 2. The van der Waals surface area contributed by atoms with Crippen molar-refractivity contribution in [3.8, 4) is 11.3 Å². The number of aryl methyl sites for hydroxylation is 2. The van der Waals surface area contributed by atoms with Gasteiger partial charge in [-0.05, 0) is 38.3 Å². The number of aromatic nitrogens is 5. The lowest BCUT2D eigenvalue weighted by Gasteiger charge is -2.32. The minimum Gasteiger partial charge on any atom is -0.356 e. The Balaban J connectivity index is 1.35. The van der Waals surface area contributed by atoms with Gasteiger partial charge in [0.05, 0.1) is 16.8 Å². The highest BCUT2D eigenvalue weighted by molar-refractivity contribution is 5.88. The molecule has 0 radical (unpaired) electrons. The van der Waals surface area contributed by atoms with Crippen LogP contribution in [0.2, 0.25) is 0 Å². The number of anilines is 1. The molecular formula is C22H24N6. The van der Waals surface area contributed by atoms with Crippen molar-refractivity contribution in [1.29, 1.82) is 0 Å². The Bertz CT molecular complexity index is 1100. The Morgan fingerprint density at radius 1 is 1.00 bits per heavy atom. The molecule has 6 heteroatoms. The summed E-state index contributed by atoms with van der Waals surface area (Å²) >= 11 is 0. The molecule has 4 heterocycles. The number of rotatable bonds is 3. The van der Waals surface area contributed by atoms with Crippen LogP contribution < -0.4 is 4.90 Å². The average molecular weight is 372 g/mol. The molecule has 3 aromatic heterocycles. The molecule has 6 nitrogen and oxygen atoms in total. The first-order chi connectivity index (χ1) is 13.7. The van der Waals surface area contributed by atoms with Crippen molar-refractivity contribution in [3.05, 3.63) is 59.9 Å². The van der Waals surface area contributed by atoms with Crippen molar-refractivity contribution >= 4 is 16.9 Å². The van der Waals surface area contributed by atoms with Crippen LogP contribution in [0.15, 0.2) is 42.7 Å². The summed E-state index contributed by atoms with van der Waals surface area (Å²) < 4.78 is 0. The van der Waals surface area contributed by atoms with E-state index in [0.717, 1.165) is 65.7 Å². The highest BCUT2D eigenvalue weighted by Crippen LogP contribution is 2.33. The maximum absolute atomic E-state index is 4.86. The van der Waals surface area contributed by atoms with Gasteiger partial charge in [0.2, 0.25) is 0 Å². The molecule has 0 spiro atoms. The van der Waals surface area contributed by atoms with Gasteiger partial charge in [0.1, 0.15) is 23.6 Å². The van der Waals surface area contributed by atoms with Gasteiger partial charge < -0.3 is 14.9 Å². The van der Waals surface area contributed by atoms with Crippen LogP contribution in [0.25, 0.3) is 22.3 Å². The summed E-state index contributed by atoms with van der Waals surface area (Å²) in [6.07, 6.45) is 3.79. The van der Waals surface area contributed by atoms with Gasteiger partial charge in [-0.1, -0.05) is 30.3 Å². The van der Waals surface area contributed by atoms with E-state index in [1.54, 1.807) is 6.33 Å². The molecule has 0 saturated carbocycles. The number of benzene rings is 1. The Kier molecular flexibility index (Phi) is 4.11. The van der Waals surface area contributed by atoms with Crippen LogP contribution in [-0.2, 0) is 0 Å². The fraction of sp³-hybridized carbons (Fsp3) is 0.318. The SMILES string of the molecule is Cc1cc2c(N3CCC(c4nc(C)c(-c5ccccc5)[nH]4)CC3)ncnc2[nH]1. The molecule has 4 aromatic rings. The largest absolute Gasteiger partial charge is 0.356 e. The molecule has 1 aliphatic rings. The van der Waals surface area contributed by atoms with Crippen molar-refractivity contribution in [2.75, 3.05) is 18.0 Å². The molecular weight excluding hydrogens is 348 g/mol. The highest BCUT2D eigenvalue weighted by Gasteiger charge is 2.25. The molecule has 2 N–H and O–H groups in total. The minimum absolute atomic E-state index is 0.456. The number of imidazole rings is 1. The normalized spacial score (nSPS) is 15.4. The second kappa shape index (κ2) is 6.78. The van der Waals surface area contributed by atoms with E-state index < -0.39 is 0 Å². The Morgan fingerprint density at radius 2 is 1.79 bits per heavy atom. The lowest BCUT2D eigenvalue weighted by molar-refractivity contribution is 0.487. The van der Waals surface area contributed by atoms with Gasteiger partial charge in [0.25, 0.3) is 0 Å². The molecule has 1 aliphatic heterocycles. The third kappa shape index (κ3) is 2.95. The third-order valence-electron chi connectivity index (χ3n) is 5.69. The van der Waals surface area contributed by atoms with Gasteiger partial charge in [-0.15, -0.1) is 0 Å². The summed E-state index contributed by atoms with van der Waals surface area (Å²) in [4.78, 5) is 23.1. The van der Waals surface area contributed by atoms with Gasteiger partial charge in [-0.25, -0.2) is 15.0 Å². The van der Waals surface area contributed by atoms with Gasteiger partial charge in [-0.2, -0.15) is 0 Å². The Morgan fingerprint density at radius 3 is 2.57 bits per heavy atom. The molecule has 0 unspecified atom stereocenters. The molecule has 28 heavy (non-hydrogen) atoms. The van der Waals surface area contributed by atoms with E-state index in [1.807, 2.05) is 6.07 Å². The Labute approximate surface area is 164 Å². The number of nitrogens with zero attached hydrogens (tertiary/aromatic N) is 4. The molecule has 1 aromatic carbocycles. The van der Waals surface area contributed by atoms with Crippen LogP contribution in [0.1, 0.15) is 36.0 Å². The predicted molar refractivity (Wildman–Crippen MR) is 112 cm³/mol. The maximum atomic E-state index is 4.86. The molecule has 1 saturated heterocycles. The van der Waals surface area contributed by atoms with Crippen LogP contribution in [0.4, 0.5) is 5.82 Å². The zero-order valence-electron chi connectivity index (χ0n) is 16.2. The lowest BCUT2D eigenvalue weighted by atomic mass is 9.96. The number of hydrogen-bond acceptors (Lipinski definition) is 4. The molecule has 0 aliphatic carbocycles. The highest BCUT2D eigenvalue weighted by atomic mass is 15.2. The number of fused-ring (bicyclic) bond motifs is 1. The standard InChI is InChI=1S/C22H24N6/c1-14-12-18-21(25-14)23-13-24-22(18)28-10-8-17(9-11-28)20-26-15(2)19(27-20)16-6-4-3-5-7-16/h3-7,12-13,17H,8-11H2,1-2H3,(H,26,27)(H,23,24,25). The zero-order valence-corrected chi connectivity index (χ0v) is 16.2. The summed E-state index contributed by atoms with van der Waals surface area (Å²) in [5, 5.41) is 1.11. The summed E-state index contributed by atoms with van der Waals surface area (Å²) in [5.74, 6) is 2.60. The summed E-state index contributed by atoms with van der Waals surface area (Å²) in [5.41, 5.74) is 5.44. The van der Waals surface area contributed by atoms with Gasteiger partial charge >= 0.3 is 0 Å². The van der Waals surface area contributed by atoms with Gasteiger partial charge in [-0.3, -0.25) is 0 Å². The van der Waals surface area contributed by atoms with E-state index in [2.05, 4.69) is 69.0 Å². The van der Waals surface area contributed by atoms with Gasteiger partial charge in [0.15, 0.2) is 0 Å². The van der Waals surface area contributed by atoms with Crippen molar-refractivity contribution in [2.24, 2.45) is 0 Å². The zero-order chi connectivity index (χ0) is 19.1. The second-order valence-corrected chi connectivity index (χ2v) is 7.62. The first-order valence-corrected chi connectivity index (χ1v) is 9.86. The van der Waals surface area contributed by atoms with Crippen molar-refractivity contribution in [2.45, 2.75) is 32.6 Å². The lowest BCUT2D eigenvalue weighted by Crippen LogP contribution is -2.33. The second-order valence-electron chi connectivity index (χ2n) is 7.62. The molecule has 0 bridgehead atoms. The van der Waals surface area contributed by atoms with Crippen molar-refractivity contribution < 1.29 is 0 Å². The summed E-state index contributed by atoms with van der Waals surface area (Å²) in [6.45, 7) is 6.09. The Hall–Kier alpha value is -3.15. The van der Waals surface area contributed by atoms with Crippen molar-refractivity contribution in [3.63, 3.8) is 0 Å². The average Bonchev–Trinajstić information content (AvgIpc) is 3.30. The fourth-order valence-corrected chi connectivity index (χ4v) is 4.24. The van der Waals surface area contributed by atoms with Crippen LogP contribution in [0, 0.1) is 13.8 Å². The molecule has 1 fully saturated rings. The summed E-state index contributed by atoms with van der Waals surface area (Å²) in [7, 11) is 0. The maximum Gasteiger partial charge on any atom is 0.143 e. The first-order valence-electron chi connectivity index (χ1n) is 9.86. The smallest absolute Gasteiger partial charge is 0.143 e. The van der Waals surface area contributed by atoms with E-state index in [0.29, 0.717) is 5.92 Å². The van der Waals surface area contributed by atoms with Crippen LogP contribution in [0.5, 0.6) is 0 Å². The molecule has 5 rings (SSSR count). The minimum atomic E-state index is 0.456. The van der Waals surface area contributed by atoms with Crippen LogP contribution in [0.3, 0.4) is 0 Å². The van der Waals surface area contributed by atoms with Crippen LogP contribution >= 0.6 is 0 Å². The molecule has 142 valence electrons. The quantitative estimate of drug-likeness (QED) is 0.561. The summed E-state index contributed by atoms with van der Waals surface area (Å²) in [6, 6.07) is 12.6. The van der Waals surface area contributed by atoms with Crippen LogP contribution in [-0.4, -0.2) is 38.0 Å². The van der Waals surface area contributed by atoms with E-state index in [9.17, 15) is 0 Å². The van der Waals surface area contributed by atoms with E-state index >= 15 is 0 Å². The number of piperidine rings is 1. The molecule has 0 amide bonds. The number of nitrogens with one attached hydrogen (secondary N) is 2. The molecule has 0 atom stereocenters. The third-order valence-corrected chi connectivity index (χ3v) is 5.69. The topological polar surface area (TPSA) is 73.5 Å².